The van der Waals surface area contributed by atoms with Crippen molar-refractivity contribution in [2.24, 2.45) is 0 Å². The highest BCUT2D eigenvalue weighted by Gasteiger charge is 2.17. The van der Waals surface area contributed by atoms with Crippen molar-refractivity contribution in [3.05, 3.63) is 29.2 Å². The maximum atomic E-state index is 13.4. The summed E-state index contributed by atoms with van der Waals surface area (Å²) in [6.45, 7) is 1.76. The molecule has 16 heavy (non-hydrogen) atoms. The first-order valence-corrected chi connectivity index (χ1v) is 5.37. The summed E-state index contributed by atoms with van der Waals surface area (Å²) in [5.74, 6) is 0.320. The molecule has 0 radical (unpaired) electrons. The number of halogens is 1. The number of aromatic amines is 1. The van der Waals surface area contributed by atoms with Crippen LogP contribution in [0.2, 0.25) is 0 Å². The second-order valence-corrected chi connectivity index (χ2v) is 4.04. The number of hydrogen-bond donors (Lipinski definition) is 2. The molecule has 0 spiro atoms. The average Bonchev–Trinajstić information content (AvgIpc) is 2.67. The number of aromatic nitrogens is 1. The van der Waals surface area contributed by atoms with Crippen molar-refractivity contribution < 1.29 is 9.13 Å². The Bertz CT molecular complexity index is 547. The Morgan fingerprint density at radius 3 is 3.06 bits per heavy atom. The summed E-state index contributed by atoms with van der Waals surface area (Å²) in [4.78, 5) is 3.33. The normalized spacial score (nSPS) is 15.1. The fourth-order valence-corrected chi connectivity index (χ4v) is 2.34. The van der Waals surface area contributed by atoms with Crippen LogP contribution in [0.1, 0.15) is 11.3 Å². The summed E-state index contributed by atoms with van der Waals surface area (Å²) in [5, 5.41) is 4.22. The first kappa shape index (κ1) is 9.66. The van der Waals surface area contributed by atoms with E-state index in [4.69, 9.17) is 4.74 Å². The van der Waals surface area contributed by atoms with Gasteiger partial charge in [0.1, 0.15) is 11.6 Å². The number of hydrogen-bond acceptors (Lipinski definition) is 2. The molecule has 84 valence electrons. The topological polar surface area (TPSA) is 37.0 Å². The number of benzene rings is 1. The van der Waals surface area contributed by atoms with Gasteiger partial charge in [-0.1, -0.05) is 0 Å². The number of rotatable bonds is 1. The third-order valence-corrected chi connectivity index (χ3v) is 3.11. The van der Waals surface area contributed by atoms with Gasteiger partial charge < -0.3 is 15.0 Å². The van der Waals surface area contributed by atoms with Crippen LogP contribution in [-0.2, 0) is 13.0 Å². The molecule has 0 atom stereocenters. The molecule has 2 aromatic rings. The van der Waals surface area contributed by atoms with Crippen molar-refractivity contribution in [3.63, 3.8) is 0 Å². The lowest BCUT2D eigenvalue weighted by molar-refractivity contribution is 0.415. The van der Waals surface area contributed by atoms with Gasteiger partial charge in [-0.2, -0.15) is 0 Å². The first-order valence-electron chi connectivity index (χ1n) is 5.37. The zero-order valence-corrected chi connectivity index (χ0v) is 9.06. The smallest absolute Gasteiger partial charge is 0.145 e. The van der Waals surface area contributed by atoms with Gasteiger partial charge in [0.05, 0.1) is 12.6 Å². The Morgan fingerprint density at radius 1 is 1.38 bits per heavy atom. The van der Waals surface area contributed by atoms with E-state index in [1.54, 1.807) is 13.2 Å². The van der Waals surface area contributed by atoms with Gasteiger partial charge >= 0.3 is 0 Å². The Morgan fingerprint density at radius 2 is 2.25 bits per heavy atom. The Hall–Kier alpha value is -1.55. The van der Waals surface area contributed by atoms with E-state index in [9.17, 15) is 4.39 Å². The van der Waals surface area contributed by atoms with E-state index < -0.39 is 0 Å². The summed E-state index contributed by atoms with van der Waals surface area (Å²) in [7, 11) is 1.56. The van der Waals surface area contributed by atoms with Gasteiger partial charge in [-0.05, 0) is 11.6 Å². The summed E-state index contributed by atoms with van der Waals surface area (Å²) in [5.41, 5.74) is 3.26. The molecule has 0 fully saturated rings. The van der Waals surface area contributed by atoms with Crippen LogP contribution in [0.25, 0.3) is 10.9 Å². The molecular formula is C12H13FN2O. The van der Waals surface area contributed by atoms with Crippen LogP contribution < -0.4 is 10.1 Å². The zero-order chi connectivity index (χ0) is 11.1. The van der Waals surface area contributed by atoms with Crippen molar-refractivity contribution in [2.45, 2.75) is 13.0 Å². The lowest BCUT2D eigenvalue weighted by Gasteiger charge is -2.12. The lowest BCUT2D eigenvalue weighted by atomic mass is 10.1. The highest BCUT2D eigenvalue weighted by Crippen LogP contribution is 2.32. The zero-order valence-electron chi connectivity index (χ0n) is 9.06. The van der Waals surface area contributed by atoms with E-state index in [-0.39, 0.29) is 5.82 Å². The van der Waals surface area contributed by atoms with Gasteiger partial charge in [-0.25, -0.2) is 4.39 Å². The minimum Gasteiger partial charge on any atom is -0.494 e. The number of nitrogens with one attached hydrogen (secondary N) is 2. The summed E-state index contributed by atoms with van der Waals surface area (Å²) >= 11 is 0. The van der Waals surface area contributed by atoms with Crippen LogP contribution in [0.5, 0.6) is 5.75 Å². The van der Waals surface area contributed by atoms with Crippen molar-refractivity contribution in [1.29, 1.82) is 0 Å². The highest BCUT2D eigenvalue weighted by atomic mass is 19.1. The molecule has 4 heteroatoms. The number of H-pyrrole nitrogens is 1. The van der Waals surface area contributed by atoms with E-state index in [2.05, 4.69) is 10.3 Å². The molecule has 0 unspecified atom stereocenters. The Labute approximate surface area is 92.6 Å². The van der Waals surface area contributed by atoms with Gasteiger partial charge in [0.2, 0.25) is 0 Å². The van der Waals surface area contributed by atoms with E-state index in [0.717, 1.165) is 30.4 Å². The van der Waals surface area contributed by atoms with Crippen molar-refractivity contribution >= 4 is 10.9 Å². The van der Waals surface area contributed by atoms with Crippen molar-refractivity contribution in [3.8, 4) is 5.75 Å². The molecule has 3 nitrogen and oxygen atoms in total. The molecule has 1 aliphatic rings. The SMILES string of the molecule is COc1cc(F)cc2c3c([nH]c12)CCNC3. The third-order valence-electron chi connectivity index (χ3n) is 3.11. The average molecular weight is 220 g/mol. The molecule has 2 N–H and O–H groups in total. The maximum Gasteiger partial charge on any atom is 0.145 e. The van der Waals surface area contributed by atoms with Crippen LogP contribution >= 0.6 is 0 Å². The molecule has 0 amide bonds. The molecule has 3 rings (SSSR count). The summed E-state index contributed by atoms with van der Waals surface area (Å²) in [6, 6.07) is 2.98. The molecule has 1 aromatic carbocycles. The summed E-state index contributed by atoms with van der Waals surface area (Å²) < 4.78 is 18.6. The van der Waals surface area contributed by atoms with Crippen LogP contribution in [0.15, 0.2) is 12.1 Å². The molecular weight excluding hydrogens is 207 g/mol. The first-order chi connectivity index (χ1) is 7.79. The molecule has 2 heterocycles. The molecule has 1 aromatic heterocycles. The van der Waals surface area contributed by atoms with E-state index in [1.165, 1.54) is 17.3 Å². The van der Waals surface area contributed by atoms with E-state index in [0.29, 0.717) is 5.75 Å². The Kier molecular flexibility index (Phi) is 2.11. The van der Waals surface area contributed by atoms with E-state index >= 15 is 0 Å². The molecule has 0 saturated heterocycles. The lowest BCUT2D eigenvalue weighted by Crippen LogP contribution is -2.22. The fourth-order valence-electron chi connectivity index (χ4n) is 2.34. The second kappa shape index (κ2) is 3.49. The maximum absolute atomic E-state index is 13.4. The van der Waals surface area contributed by atoms with Crippen LogP contribution in [0, 0.1) is 5.82 Å². The molecule has 1 aliphatic heterocycles. The highest BCUT2D eigenvalue weighted by molar-refractivity contribution is 5.89. The minimum absolute atomic E-state index is 0.253. The molecule has 0 bridgehead atoms. The van der Waals surface area contributed by atoms with Crippen molar-refractivity contribution in [2.75, 3.05) is 13.7 Å². The minimum atomic E-state index is -0.253. The largest absolute Gasteiger partial charge is 0.494 e. The number of ether oxygens (including phenoxy) is 1. The van der Waals surface area contributed by atoms with Crippen molar-refractivity contribution in [1.82, 2.24) is 10.3 Å². The van der Waals surface area contributed by atoms with Gasteiger partial charge in [0.15, 0.2) is 0 Å². The van der Waals surface area contributed by atoms with Gasteiger partial charge in [-0.3, -0.25) is 0 Å². The number of methoxy groups -OCH3 is 1. The molecule has 0 aliphatic carbocycles. The standard InChI is InChI=1S/C12H13FN2O/c1-16-11-5-7(13)4-8-9-6-14-3-2-10(9)15-12(8)11/h4-5,14-15H,2-3,6H2,1H3. The van der Waals surface area contributed by atoms with Gasteiger partial charge in [0, 0.05) is 36.7 Å². The summed E-state index contributed by atoms with van der Waals surface area (Å²) in [6.07, 6.45) is 0.953. The predicted octanol–water partition coefficient (Wildman–Crippen LogP) is 1.96. The monoisotopic (exact) mass is 220 g/mol. The third kappa shape index (κ3) is 1.30. The predicted molar refractivity (Wildman–Crippen MR) is 60.2 cm³/mol. The van der Waals surface area contributed by atoms with Crippen LogP contribution in [0.3, 0.4) is 0 Å². The van der Waals surface area contributed by atoms with Gasteiger partial charge in [0.25, 0.3) is 0 Å². The fraction of sp³-hybridized carbons (Fsp3) is 0.333. The van der Waals surface area contributed by atoms with E-state index in [1.807, 2.05) is 0 Å². The number of fused-ring (bicyclic) bond motifs is 3. The Balaban J connectivity index is 2.33. The van der Waals surface area contributed by atoms with Gasteiger partial charge in [-0.15, -0.1) is 0 Å². The quantitative estimate of drug-likeness (QED) is 0.770. The second-order valence-electron chi connectivity index (χ2n) is 4.04. The molecule has 0 saturated carbocycles. The van der Waals surface area contributed by atoms with Crippen LogP contribution in [0.4, 0.5) is 4.39 Å². The van der Waals surface area contributed by atoms with Crippen LogP contribution in [-0.4, -0.2) is 18.6 Å².